The minimum absolute atomic E-state index is 0.228. The summed E-state index contributed by atoms with van der Waals surface area (Å²) in [7, 11) is 0. The highest BCUT2D eigenvalue weighted by molar-refractivity contribution is 6.14. The summed E-state index contributed by atoms with van der Waals surface area (Å²) in [5.41, 5.74) is 12.3. The highest BCUT2D eigenvalue weighted by Gasteiger charge is 2.22. The molecule has 254 valence electrons. The van der Waals surface area contributed by atoms with Gasteiger partial charge in [0.05, 0.1) is 6.04 Å². The average Bonchev–Trinajstić information content (AvgIpc) is 3.17. The Hall–Kier alpha value is -6.34. The summed E-state index contributed by atoms with van der Waals surface area (Å²) in [6, 6.07) is 46.4. The smallest absolute Gasteiger partial charge is 0.159 e. The highest BCUT2D eigenvalue weighted by atomic mass is 15.2. The van der Waals surface area contributed by atoms with Crippen LogP contribution in [0.2, 0.25) is 0 Å². The van der Waals surface area contributed by atoms with Gasteiger partial charge in [0.15, 0.2) is 17.5 Å². The Labute approximate surface area is 304 Å². The maximum atomic E-state index is 5.20. The molecule has 8 rings (SSSR count). The number of nitrogens with one attached hydrogen (secondary N) is 1. The Morgan fingerprint density at radius 2 is 1.04 bits per heavy atom. The molecular formula is C45H39N7. The Bertz CT molecular complexity index is 2350. The number of aryl methyl sites for hydroxylation is 2. The SMILES string of the molecule is CC1=NC(c2ccc(-c3cc(C4=NC(c5ccccc5)NC(c5ccccc5)=N4)cc(-c4ccc(-c5nc(C)cc(C)n5)cc4)c3)cc2)=NC(C)C1. The van der Waals surface area contributed by atoms with Gasteiger partial charge in [0.2, 0.25) is 0 Å². The normalized spacial score (nSPS) is 17.0. The predicted octanol–water partition coefficient (Wildman–Crippen LogP) is 9.59. The predicted molar refractivity (Wildman–Crippen MR) is 213 cm³/mol. The van der Waals surface area contributed by atoms with Gasteiger partial charge in [0, 0.05) is 45.8 Å². The molecule has 7 nitrogen and oxygen atoms in total. The first-order chi connectivity index (χ1) is 25.3. The molecule has 6 aromatic rings. The first-order valence-electron chi connectivity index (χ1n) is 17.7. The second kappa shape index (κ2) is 14.1. The second-order valence-corrected chi connectivity index (χ2v) is 13.5. The van der Waals surface area contributed by atoms with Crippen molar-refractivity contribution < 1.29 is 0 Å². The monoisotopic (exact) mass is 677 g/mol. The van der Waals surface area contributed by atoms with Crippen molar-refractivity contribution in [2.75, 3.05) is 0 Å². The number of amidine groups is 3. The molecule has 2 aliphatic heterocycles. The summed E-state index contributed by atoms with van der Waals surface area (Å²) >= 11 is 0. The lowest BCUT2D eigenvalue weighted by molar-refractivity contribution is 0.674. The number of aromatic nitrogens is 2. The number of aliphatic imine (C=N–C) groups is 4. The third-order valence-electron chi connectivity index (χ3n) is 9.26. The van der Waals surface area contributed by atoms with Crippen molar-refractivity contribution in [2.24, 2.45) is 20.0 Å². The molecule has 2 unspecified atom stereocenters. The van der Waals surface area contributed by atoms with Crippen LogP contribution in [-0.4, -0.2) is 39.2 Å². The molecule has 2 aliphatic rings. The lowest BCUT2D eigenvalue weighted by Gasteiger charge is -2.24. The summed E-state index contributed by atoms with van der Waals surface area (Å²) in [6.07, 6.45) is 0.601. The third-order valence-corrected chi connectivity index (χ3v) is 9.26. The van der Waals surface area contributed by atoms with E-state index in [4.69, 9.17) is 20.0 Å². The van der Waals surface area contributed by atoms with Gasteiger partial charge >= 0.3 is 0 Å². The van der Waals surface area contributed by atoms with Crippen LogP contribution in [0.15, 0.2) is 153 Å². The highest BCUT2D eigenvalue weighted by Crippen LogP contribution is 2.32. The lowest BCUT2D eigenvalue weighted by atomic mass is 9.94. The van der Waals surface area contributed by atoms with E-state index in [0.717, 1.165) is 91.1 Å². The maximum absolute atomic E-state index is 5.20. The van der Waals surface area contributed by atoms with E-state index < -0.39 is 0 Å². The molecule has 5 aromatic carbocycles. The molecule has 0 spiro atoms. The van der Waals surface area contributed by atoms with Crippen LogP contribution in [0.25, 0.3) is 33.6 Å². The van der Waals surface area contributed by atoms with Gasteiger partial charge < -0.3 is 5.32 Å². The maximum Gasteiger partial charge on any atom is 0.159 e. The zero-order valence-corrected chi connectivity index (χ0v) is 29.7. The van der Waals surface area contributed by atoms with Gasteiger partial charge in [-0.15, -0.1) is 0 Å². The van der Waals surface area contributed by atoms with Gasteiger partial charge in [0.25, 0.3) is 0 Å². The molecule has 0 radical (unpaired) electrons. The van der Waals surface area contributed by atoms with Crippen LogP contribution in [0.4, 0.5) is 0 Å². The molecule has 3 heterocycles. The molecule has 0 saturated carbocycles. The van der Waals surface area contributed by atoms with Crippen molar-refractivity contribution in [3.05, 3.63) is 167 Å². The van der Waals surface area contributed by atoms with Gasteiger partial charge in [-0.05, 0) is 79.8 Å². The Balaban J connectivity index is 1.24. The van der Waals surface area contributed by atoms with Gasteiger partial charge in [0.1, 0.15) is 12.0 Å². The molecule has 0 bridgehead atoms. The Morgan fingerprint density at radius 1 is 0.500 bits per heavy atom. The van der Waals surface area contributed by atoms with Crippen molar-refractivity contribution >= 4 is 23.2 Å². The second-order valence-electron chi connectivity index (χ2n) is 13.5. The minimum Gasteiger partial charge on any atom is -0.344 e. The Morgan fingerprint density at radius 3 is 1.65 bits per heavy atom. The van der Waals surface area contributed by atoms with Crippen molar-refractivity contribution in [3.63, 3.8) is 0 Å². The van der Waals surface area contributed by atoms with E-state index in [1.807, 2.05) is 56.3 Å². The van der Waals surface area contributed by atoms with Gasteiger partial charge in [-0.25, -0.2) is 24.9 Å². The fourth-order valence-corrected chi connectivity index (χ4v) is 6.77. The van der Waals surface area contributed by atoms with E-state index in [9.17, 15) is 0 Å². The van der Waals surface area contributed by atoms with Crippen molar-refractivity contribution in [2.45, 2.75) is 46.3 Å². The summed E-state index contributed by atoms with van der Waals surface area (Å²) in [5, 5.41) is 3.58. The summed E-state index contributed by atoms with van der Waals surface area (Å²) < 4.78 is 0. The summed E-state index contributed by atoms with van der Waals surface area (Å²) in [5.74, 6) is 2.98. The van der Waals surface area contributed by atoms with E-state index in [2.05, 4.69) is 120 Å². The largest absolute Gasteiger partial charge is 0.344 e. The number of hydrogen-bond donors (Lipinski definition) is 1. The first-order valence-corrected chi connectivity index (χ1v) is 17.7. The molecule has 1 N–H and O–H groups in total. The van der Waals surface area contributed by atoms with Gasteiger partial charge in [-0.2, -0.15) is 0 Å². The van der Waals surface area contributed by atoms with E-state index in [1.165, 1.54) is 0 Å². The van der Waals surface area contributed by atoms with Gasteiger partial charge in [-0.1, -0.05) is 109 Å². The lowest BCUT2D eigenvalue weighted by Crippen LogP contribution is -2.33. The molecule has 7 heteroatoms. The number of rotatable bonds is 7. The molecular weight excluding hydrogens is 639 g/mol. The molecule has 0 saturated heterocycles. The van der Waals surface area contributed by atoms with Crippen LogP contribution in [0, 0.1) is 13.8 Å². The molecule has 0 aliphatic carbocycles. The van der Waals surface area contributed by atoms with E-state index >= 15 is 0 Å². The van der Waals surface area contributed by atoms with E-state index in [0.29, 0.717) is 5.84 Å². The molecule has 1 aromatic heterocycles. The van der Waals surface area contributed by atoms with Crippen molar-refractivity contribution in [1.29, 1.82) is 0 Å². The standard InChI is InChI=1S/C45H39N7/c1-28-23-29(2)47-41(46-28)36-19-15-32(16-20-36)38-25-39(33-17-21-37(22-18-33)42-48-30(3)24-31(4)49-42)27-40(26-38)45-51-43(34-11-7-5-8-12-34)50-44(52-45)35-13-9-6-10-14-35/h5-23,25-27,30,43H,24H2,1-4H3,(H,50,51,52). The topological polar surface area (TPSA) is 87.2 Å². The fraction of sp³-hybridized carbons (Fsp3) is 0.156. The van der Waals surface area contributed by atoms with E-state index in [-0.39, 0.29) is 12.2 Å². The molecule has 2 atom stereocenters. The van der Waals surface area contributed by atoms with Crippen LogP contribution >= 0.6 is 0 Å². The minimum atomic E-state index is -0.296. The van der Waals surface area contributed by atoms with Crippen LogP contribution in [0.1, 0.15) is 60.1 Å². The van der Waals surface area contributed by atoms with Crippen LogP contribution in [-0.2, 0) is 0 Å². The van der Waals surface area contributed by atoms with Crippen molar-refractivity contribution in [3.8, 4) is 33.6 Å². The molecule has 0 amide bonds. The quantitative estimate of drug-likeness (QED) is 0.183. The number of nitrogens with zero attached hydrogens (tertiary/aromatic N) is 6. The summed E-state index contributed by atoms with van der Waals surface area (Å²) in [4.78, 5) is 29.3. The summed E-state index contributed by atoms with van der Waals surface area (Å²) in [6.45, 7) is 8.21. The average molecular weight is 678 g/mol. The molecule has 52 heavy (non-hydrogen) atoms. The van der Waals surface area contributed by atoms with Crippen LogP contribution in [0.5, 0.6) is 0 Å². The number of benzene rings is 5. The van der Waals surface area contributed by atoms with Crippen LogP contribution < -0.4 is 5.32 Å². The number of hydrogen-bond acceptors (Lipinski definition) is 7. The Kier molecular flexibility index (Phi) is 8.91. The first kappa shape index (κ1) is 32.8. The fourth-order valence-electron chi connectivity index (χ4n) is 6.77. The zero-order chi connectivity index (χ0) is 35.6. The van der Waals surface area contributed by atoms with Crippen LogP contribution in [0.3, 0.4) is 0 Å². The van der Waals surface area contributed by atoms with E-state index in [1.54, 1.807) is 0 Å². The molecule has 0 fully saturated rings. The third kappa shape index (κ3) is 7.12. The van der Waals surface area contributed by atoms with Gasteiger partial charge in [-0.3, -0.25) is 4.99 Å². The zero-order valence-electron chi connectivity index (χ0n) is 29.7. The van der Waals surface area contributed by atoms with Crippen molar-refractivity contribution in [1.82, 2.24) is 15.3 Å².